The van der Waals surface area contributed by atoms with Gasteiger partial charge < -0.3 is 19.7 Å². The van der Waals surface area contributed by atoms with Crippen LogP contribution in [0.5, 0.6) is 5.75 Å². The number of benzene rings is 1. The van der Waals surface area contributed by atoms with Gasteiger partial charge in [-0.1, -0.05) is 13.0 Å². The smallest absolute Gasteiger partial charge is 0.142 e. The molecular weight excluding hydrogens is 276 g/mol. The van der Waals surface area contributed by atoms with Gasteiger partial charge in [0.25, 0.3) is 0 Å². The van der Waals surface area contributed by atoms with Gasteiger partial charge in [-0.2, -0.15) is 0 Å². The van der Waals surface area contributed by atoms with Crippen LogP contribution in [-0.2, 0) is 11.3 Å². The monoisotopic (exact) mass is 306 g/mol. The largest absolute Gasteiger partial charge is 0.492 e. The summed E-state index contributed by atoms with van der Waals surface area (Å²) in [5.41, 5.74) is 2.46. The topological polar surface area (TPSA) is 33.7 Å². The molecule has 1 heterocycles. The first-order chi connectivity index (χ1) is 10.6. The van der Waals surface area contributed by atoms with E-state index in [1.54, 1.807) is 0 Å². The molecule has 0 radical (unpaired) electrons. The molecule has 0 spiro atoms. The molecule has 0 amide bonds. The minimum absolute atomic E-state index is 0.254. The fourth-order valence-electron chi connectivity index (χ4n) is 2.98. The zero-order valence-corrected chi connectivity index (χ0v) is 14.4. The lowest BCUT2D eigenvalue weighted by Gasteiger charge is -2.37. The predicted octanol–water partition coefficient (Wildman–Crippen LogP) is 3.20. The molecule has 1 aliphatic heterocycles. The molecule has 0 aliphatic carbocycles. The Bertz CT molecular complexity index is 454. The summed E-state index contributed by atoms with van der Waals surface area (Å²) < 4.78 is 11.7. The highest BCUT2D eigenvalue weighted by atomic mass is 16.5. The number of rotatable bonds is 7. The number of nitrogens with zero attached hydrogens (tertiary/aromatic N) is 1. The van der Waals surface area contributed by atoms with Gasteiger partial charge >= 0.3 is 0 Å². The molecule has 2 rings (SSSR count). The normalized spacial score (nSPS) is 21.9. The van der Waals surface area contributed by atoms with Crippen molar-refractivity contribution in [2.45, 2.75) is 52.9 Å². The highest BCUT2D eigenvalue weighted by Gasteiger charge is 2.24. The van der Waals surface area contributed by atoms with E-state index in [0.29, 0.717) is 6.61 Å². The predicted molar refractivity (Wildman–Crippen MR) is 91.8 cm³/mol. The van der Waals surface area contributed by atoms with Crippen molar-refractivity contribution in [1.29, 1.82) is 0 Å². The van der Waals surface area contributed by atoms with Crippen LogP contribution < -0.4 is 15.0 Å². The summed E-state index contributed by atoms with van der Waals surface area (Å²) in [6.45, 7) is 12.9. The summed E-state index contributed by atoms with van der Waals surface area (Å²) in [7, 11) is 0. The van der Waals surface area contributed by atoms with Crippen molar-refractivity contribution >= 4 is 5.69 Å². The van der Waals surface area contributed by atoms with Crippen LogP contribution >= 0.6 is 0 Å². The second-order valence-corrected chi connectivity index (χ2v) is 6.07. The first-order valence-electron chi connectivity index (χ1n) is 8.50. The molecule has 4 heteroatoms. The molecule has 1 aromatic rings. The zero-order chi connectivity index (χ0) is 15.9. The fraction of sp³-hybridized carbons (Fsp3) is 0.667. The van der Waals surface area contributed by atoms with Crippen molar-refractivity contribution in [3.63, 3.8) is 0 Å². The molecule has 0 saturated carbocycles. The van der Waals surface area contributed by atoms with Gasteiger partial charge in [0.15, 0.2) is 0 Å². The lowest BCUT2D eigenvalue weighted by Crippen LogP contribution is -2.45. The molecule has 22 heavy (non-hydrogen) atoms. The quantitative estimate of drug-likeness (QED) is 0.784. The van der Waals surface area contributed by atoms with E-state index in [9.17, 15) is 0 Å². The van der Waals surface area contributed by atoms with Gasteiger partial charge in [-0.3, -0.25) is 0 Å². The van der Waals surface area contributed by atoms with E-state index in [-0.39, 0.29) is 12.2 Å². The van der Waals surface area contributed by atoms with E-state index >= 15 is 0 Å². The lowest BCUT2D eigenvalue weighted by molar-refractivity contribution is -0.00534. The highest BCUT2D eigenvalue weighted by molar-refractivity contribution is 5.60. The van der Waals surface area contributed by atoms with E-state index < -0.39 is 0 Å². The maximum atomic E-state index is 5.90. The summed E-state index contributed by atoms with van der Waals surface area (Å²) in [6.07, 6.45) is 1.66. The second kappa shape index (κ2) is 8.39. The Hall–Kier alpha value is -1.26. The minimum atomic E-state index is 0.254. The van der Waals surface area contributed by atoms with E-state index in [1.807, 2.05) is 6.92 Å². The molecule has 0 aromatic heterocycles. The molecule has 2 unspecified atom stereocenters. The Morgan fingerprint density at radius 2 is 1.95 bits per heavy atom. The standard InChI is InChI=1S/C18H30N2O2/c1-5-9-19-11-16-7-8-17(18(10-16)21-6-2)20-12-14(3)22-15(4)13-20/h7-8,10,14-15,19H,5-6,9,11-13H2,1-4H3. The van der Waals surface area contributed by atoms with E-state index in [0.717, 1.165) is 38.3 Å². The van der Waals surface area contributed by atoms with Crippen molar-refractivity contribution in [3.8, 4) is 5.75 Å². The molecule has 4 nitrogen and oxygen atoms in total. The average molecular weight is 306 g/mol. The molecule has 1 saturated heterocycles. The van der Waals surface area contributed by atoms with Crippen molar-refractivity contribution < 1.29 is 9.47 Å². The number of hydrogen-bond acceptors (Lipinski definition) is 4. The average Bonchev–Trinajstić information content (AvgIpc) is 2.47. The van der Waals surface area contributed by atoms with Crippen LogP contribution in [0.15, 0.2) is 18.2 Å². The Balaban J connectivity index is 2.15. The number of morpholine rings is 1. The van der Waals surface area contributed by atoms with Crippen LogP contribution in [0.1, 0.15) is 39.7 Å². The van der Waals surface area contributed by atoms with Gasteiger partial charge in [-0.05, 0) is 51.4 Å². The fourth-order valence-corrected chi connectivity index (χ4v) is 2.98. The molecule has 1 N–H and O–H groups in total. The Kier molecular flexibility index (Phi) is 6.52. The van der Waals surface area contributed by atoms with Crippen molar-refractivity contribution in [3.05, 3.63) is 23.8 Å². The first kappa shape index (κ1) is 17.1. The van der Waals surface area contributed by atoms with Gasteiger partial charge in [0, 0.05) is 19.6 Å². The highest BCUT2D eigenvalue weighted by Crippen LogP contribution is 2.32. The van der Waals surface area contributed by atoms with Crippen molar-refractivity contribution in [1.82, 2.24) is 5.32 Å². The zero-order valence-electron chi connectivity index (χ0n) is 14.4. The molecule has 1 fully saturated rings. The van der Waals surface area contributed by atoms with Gasteiger partial charge in [-0.25, -0.2) is 0 Å². The number of anilines is 1. The Morgan fingerprint density at radius 3 is 2.59 bits per heavy atom. The maximum absolute atomic E-state index is 5.90. The van der Waals surface area contributed by atoms with Crippen molar-refractivity contribution in [2.24, 2.45) is 0 Å². The van der Waals surface area contributed by atoms with Crippen molar-refractivity contribution in [2.75, 3.05) is 31.1 Å². The maximum Gasteiger partial charge on any atom is 0.142 e. The molecule has 1 aromatic carbocycles. The molecule has 2 atom stereocenters. The van der Waals surface area contributed by atoms with E-state index in [4.69, 9.17) is 9.47 Å². The minimum Gasteiger partial charge on any atom is -0.492 e. The first-order valence-corrected chi connectivity index (χ1v) is 8.50. The number of hydrogen-bond donors (Lipinski definition) is 1. The summed E-state index contributed by atoms with van der Waals surface area (Å²) in [5.74, 6) is 0.986. The van der Waals surface area contributed by atoms with Crippen LogP contribution in [0.2, 0.25) is 0 Å². The van der Waals surface area contributed by atoms with Crippen LogP contribution in [-0.4, -0.2) is 38.4 Å². The van der Waals surface area contributed by atoms with Crippen LogP contribution in [0.25, 0.3) is 0 Å². The van der Waals surface area contributed by atoms with Gasteiger partial charge in [0.2, 0.25) is 0 Å². The summed E-state index contributed by atoms with van der Waals surface area (Å²) in [4.78, 5) is 2.38. The molecule has 124 valence electrons. The van der Waals surface area contributed by atoms with E-state index in [1.165, 1.54) is 11.3 Å². The molecule has 0 bridgehead atoms. The SMILES string of the molecule is CCCNCc1ccc(N2CC(C)OC(C)C2)c(OCC)c1. The number of ether oxygens (including phenoxy) is 2. The van der Waals surface area contributed by atoms with Gasteiger partial charge in [0.05, 0.1) is 24.5 Å². The van der Waals surface area contributed by atoms with Gasteiger partial charge in [0.1, 0.15) is 5.75 Å². The summed E-state index contributed by atoms with van der Waals surface area (Å²) in [5, 5.41) is 3.44. The van der Waals surface area contributed by atoms with Crippen LogP contribution in [0.3, 0.4) is 0 Å². The van der Waals surface area contributed by atoms with Crippen LogP contribution in [0.4, 0.5) is 5.69 Å². The Morgan fingerprint density at radius 1 is 1.23 bits per heavy atom. The lowest BCUT2D eigenvalue weighted by atomic mass is 10.1. The third-order valence-electron chi connectivity index (χ3n) is 3.84. The summed E-state index contributed by atoms with van der Waals surface area (Å²) >= 11 is 0. The molecular formula is C18H30N2O2. The summed E-state index contributed by atoms with van der Waals surface area (Å²) in [6, 6.07) is 6.57. The third kappa shape index (κ3) is 4.62. The molecule has 1 aliphatic rings. The Labute approximate surface area is 134 Å². The second-order valence-electron chi connectivity index (χ2n) is 6.07. The van der Waals surface area contributed by atoms with Gasteiger partial charge in [-0.15, -0.1) is 0 Å². The third-order valence-corrected chi connectivity index (χ3v) is 3.84. The van der Waals surface area contributed by atoms with Crippen LogP contribution in [0, 0.1) is 0 Å². The van der Waals surface area contributed by atoms with E-state index in [2.05, 4.69) is 49.2 Å². The number of nitrogens with one attached hydrogen (secondary N) is 1.